The van der Waals surface area contributed by atoms with Gasteiger partial charge in [-0.1, -0.05) is 60.2 Å². The molecule has 0 radical (unpaired) electrons. The number of carbonyl (C=O) groups excluding carboxylic acids is 2. The van der Waals surface area contributed by atoms with Crippen molar-refractivity contribution in [1.82, 2.24) is 9.97 Å². The number of ether oxygens (including phenoxy) is 1. The number of hydrogen-bond donors (Lipinski definition) is 2. The summed E-state index contributed by atoms with van der Waals surface area (Å²) in [7, 11) is 0. The molecule has 2 N–H and O–H groups in total. The van der Waals surface area contributed by atoms with Crippen molar-refractivity contribution in [3.05, 3.63) is 105 Å². The highest BCUT2D eigenvalue weighted by Crippen LogP contribution is 2.42. The molecule has 0 fully saturated rings. The number of amides is 1. The SMILES string of the molecule is Cc1ccc(-c2nc3ccc(C(=O)OC(C)C(=O)Nc4sc5c(c4C#N)CCC(c4ccccc4)C5)cc3[nH]2)cc1. The number of thiophene rings is 1. The second kappa shape index (κ2) is 11.0. The van der Waals surface area contributed by atoms with Crippen molar-refractivity contribution in [2.45, 2.75) is 45.1 Å². The number of imidazole rings is 1. The molecule has 41 heavy (non-hydrogen) atoms. The highest BCUT2D eigenvalue weighted by Gasteiger charge is 2.28. The molecule has 5 aromatic rings. The molecule has 2 heterocycles. The highest BCUT2D eigenvalue weighted by molar-refractivity contribution is 7.16. The normalized spacial score (nSPS) is 15.1. The van der Waals surface area contributed by atoms with Crippen LogP contribution in [0.25, 0.3) is 22.4 Å². The fourth-order valence-electron chi connectivity index (χ4n) is 5.28. The van der Waals surface area contributed by atoms with E-state index in [2.05, 4.69) is 33.5 Å². The minimum atomic E-state index is -1.05. The second-order valence-electron chi connectivity index (χ2n) is 10.4. The van der Waals surface area contributed by atoms with Gasteiger partial charge in [-0.2, -0.15) is 5.26 Å². The van der Waals surface area contributed by atoms with Gasteiger partial charge in [-0.15, -0.1) is 11.3 Å². The number of rotatable bonds is 6. The van der Waals surface area contributed by atoms with Crippen LogP contribution in [0.1, 0.15) is 56.8 Å². The molecule has 0 bridgehead atoms. The largest absolute Gasteiger partial charge is 0.449 e. The van der Waals surface area contributed by atoms with Gasteiger partial charge in [0.2, 0.25) is 0 Å². The number of carbonyl (C=O) groups is 2. The number of nitrogens with one attached hydrogen (secondary N) is 2. The summed E-state index contributed by atoms with van der Waals surface area (Å²) in [5.74, 6) is 0.00727. The van der Waals surface area contributed by atoms with E-state index in [1.165, 1.54) is 23.8 Å². The summed E-state index contributed by atoms with van der Waals surface area (Å²) in [6, 6.07) is 25.7. The predicted octanol–water partition coefficient (Wildman–Crippen LogP) is 6.93. The van der Waals surface area contributed by atoms with Crippen molar-refractivity contribution in [3.63, 3.8) is 0 Å². The van der Waals surface area contributed by atoms with E-state index < -0.39 is 18.0 Å². The fourth-order valence-corrected chi connectivity index (χ4v) is 6.56. The van der Waals surface area contributed by atoms with Crippen LogP contribution >= 0.6 is 11.3 Å². The van der Waals surface area contributed by atoms with Crippen molar-refractivity contribution in [3.8, 4) is 17.5 Å². The van der Waals surface area contributed by atoms with Gasteiger partial charge in [-0.3, -0.25) is 4.79 Å². The fraction of sp³-hybridized carbons (Fsp3) is 0.212. The van der Waals surface area contributed by atoms with Gasteiger partial charge in [0.05, 0.1) is 22.2 Å². The molecule has 1 aliphatic carbocycles. The Kier molecular flexibility index (Phi) is 7.12. The molecule has 2 atom stereocenters. The Morgan fingerprint density at radius 1 is 1.12 bits per heavy atom. The lowest BCUT2D eigenvalue weighted by Crippen LogP contribution is -2.30. The number of hydrogen-bond acceptors (Lipinski definition) is 6. The molecule has 0 aliphatic heterocycles. The molecule has 1 aliphatic rings. The summed E-state index contributed by atoms with van der Waals surface area (Å²) in [6.07, 6.45) is 1.53. The third kappa shape index (κ3) is 5.37. The average Bonchev–Trinajstić information content (AvgIpc) is 3.57. The maximum Gasteiger partial charge on any atom is 0.338 e. The number of fused-ring (bicyclic) bond motifs is 2. The van der Waals surface area contributed by atoms with Crippen molar-refractivity contribution >= 4 is 39.2 Å². The van der Waals surface area contributed by atoms with E-state index in [-0.39, 0.29) is 0 Å². The van der Waals surface area contributed by atoms with E-state index in [0.717, 1.165) is 46.3 Å². The summed E-state index contributed by atoms with van der Waals surface area (Å²) in [5.41, 5.74) is 6.66. The predicted molar refractivity (Wildman–Crippen MR) is 160 cm³/mol. The van der Waals surface area contributed by atoms with Gasteiger partial charge < -0.3 is 15.0 Å². The molecule has 7 nitrogen and oxygen atoms in total. The van der Waals surface area contributed by atoms with Gasteiger partial charge in [0.1, 0.15) is 16.9 Å². The molecule has 0 saturated heterocycles. The molecule has 3 aromatic carbocycles. The lowest BCUT2D eigenvalue weighted by atomic mass is 9.83. The molecule has 2 unspecified atom stereocenters. The third-order valence-corrected chi connectivity index (χ3v) is 8.75. The average molecular weight is 561 g/mol. The number of aryl methyl sites for hydroxylation is 1. The van der Waals surface area contributed by atoms with Gasteiger partial charge in [0, 0.05) is 10.4 Å². The number of nitriles is 1. The first kappa shape index (κ1) is 26.5. The van der Waals surface area contributed by atoms with Crippen LogP contribution in [0.2, 0.25) is 0 Å². The van der Waals surface area contributed by atoms with Gasteiger partial charge in [-0.05, 0) is 68.4 Å². The molecule has 0 saturated carbocycles. The Morgan fingerprint density at radius 2 is 1.90 bits per heavy atom. The van der Waals surface area contributed by atoms with Crippen LogP contribution in [0, 0.1) is 18.3 Å². The van der Waals surface area contributed by atoms with E-state index in [1.807, 2.05) is 49.4 Å². The standard InChI is InChI=1S/C33H28N4O3S/c1-19-8-10-22(11-9-19)30-35-27-15-13-24(16-28(27)36-30)33(39)40-20(2)31(38)37-32-26(18-34)25-14-12-23(17-29(25)41-32)21-6-4-3-5-7-21/h3-11,13,15-16,20,23H,12,14,17H2,1-2H3,(H,35,36)(H,37,38). The smallest absolute Gasteiger partial charge is 0.338 e. The Hall–Kier alpha value is -4.74. The summed E-state index contributed by atoms with van der Waals surface area (Å²) in [6.45, 7) is 3.56. The molecular formula is C33H28N4O3S. The van der Waals surface area contributed by atoms with Crippen molar-refractivity contribution in [2.24, 2.45) is 0 Å². The Bertz CT molecular complexity index is 1800. The zero-order valence-electron chi connectivity index (χ0n) is 22.7. The molecule has 2 aromatic heterocycles. The van der Waals surface area contributed by atoms with Crippen LogP contribution < -0.4 is 5.32 Å². The lowest BCUT2D eigenvalue weighted by molar-refractivity contribution is -0.123. The topological polar surface area (TPSA) is 108 Å². The Balaban J connectivity index is 1.13. The maximum atomic E-state index is 13.0. The van der Waals surface area contributed by atoms with Crippen molar-refractivity contribution < 1.29 is 14.3 Å². The van der Waals surface area contributed by atoms with Crippen LogP contribution in [0.5, 0.6) is 0 Å². The number of aromatic amines is 1. The molecule has 1 amide bonds. The van der Waals surface area contributed by atoms with Crippen LogP contribution in [-0.4, -0.2) is 27.9 Å². The van der Waals surface area contributed by atoms with Crippen LogP contribution in [0.3, 0.4) is 0 Å². The first-order valence-electron chi connectivity index (χ1n) is 13.6. The highest BCUT2D eigenvalue weighted by atomic mass is 32.1. The number of aromatic nitrogens is 2. The van der Waals surface area contributed by atoms with Gasteiger partial charge in [0.25, 0.3) is 5.91 Å². The Morgan fingerprint density at radius 3 is 2.66 bits per heavy atom. The molecular weight excluding hydrogens is 532 g/mol. The quantitative estimate of drug-likeness (QED) is 0.219. The molecule has 204 valence electrons. The van der Waals surface area contributed by atoms with Gasteiger partial charge in [0.15, 0.2) is 6.10 Å². The number of benzene rings is 3. The third-order valence-electron chi connectivity index (χ3n) is 7.58. The minimum absolute atomic E-state index is 0.313. The van der Waals surface area contributed by atoms with E-state index in [1.54, 1.807) is 18.2 Å². The van der Waals surface area contributed by atoms with E-state index in [9.17, 15) is 14.9 Å². The zero-order valence-corrected chi connectivity index (χ0v) is 23.5. The van der Waals surface area contributed by atoms with E-state index in [0.29, 0.717) is 33.4 Å². The Labute approximate surface area is 241 Å². The zero-order chi connectivity index (χ0) is 28.5. The second-order valence-corrected chi connectivity index (χ2v) is 11.5. The van der Waals surface area contributed by atoms with Crippen LogP contribution in [-0.2, 0) is 22.4 Å². The van der Waals surface area contributed by atoms with Crippen LogP contribution in [0.15, 0.2) is 72.8 Å². The van der Waals surface area contributed by atoms with Gasteiger partial charge in [-0.25, -0.2) is 9.78 Å². The number of nitrogens with zero attached hydrogens (tertiary/aromatic N) is 2. The molecule has 6 rings (SSSR count). The van der Waals surface area contributed by atoms with E-state index >= 15 is 0 Å². The van der Waals surface area contributed by atoms with Crippen molar-refractivity contribution in [1.29, 1.82) is 5.26 Å². The number of anilines is 1. The summed E-state index contributed by atoms with van der Waals surface area (Å²) < 4.78 is 5.51. The molecule has 0 spiro atoms. The summed E-state index contributed by atoms with van der Waals surface area (Å²) >= 11 is 1.44. The van der Waals surface area contributed by atoms with Crippen molar-refractivity contribution in [2.75, 3.05) is 5.32 Å². The number of esters is 1. The first-order valence-corrected chi connectivity index (χ1v) is 14.4. The minimum Gasteiger partial charge on any atom is -0.449 e. The number of H-pyrrole nitrogens is 1. The summed E-state index contributed by atoms with van der Waals surface area (Å²) in [5, 5.41) is 13.2. The summed E-state index contributed by atoms with van der Waals surface area (Å²) in [4.78, 5) is 35.0. The molecule has 8 heteroatoms. The van der Waals surface area contributed by atoms with E-state index in [4.69, 9.17) is 4.74 Å². The lowest BCUT2D eigenvalue weighted by Gasteiger charge is -2.22. The van der Waals surface area contributed by atoms with Crippen LogP contribution in [0.4, 0.5) is 5.00 Å². The van der Waals surface area contributed by atoms with Gasteiger partial charge >= 0.3 is 5.97 Å². The maximum absolute atomic E-state index is 13.0. The first-order chi connectivity index (χ1) is 19.9. The monoisotopic (exact) mass is 560 g/mol.